The molecule has 0 saturated heterocycles. The third-order valence-electron chi connectivity index (χ3n) is 3.00. The van der Waals surface area contributed by atoms with E-state index in [1.807, 2.05) is 0 Å². The molecule has 4 N–H and O–H groups in total. The van der Waals surface area contributed by atoms with E-state index in [2.05, 4.69) is 5.32 Å². The van der Waals surface area contributed by atoms with Gasteiger partial charge in [0.2, 0.25) is 5.78 Å². The first kappa shape index (κ1) is 22.8. The van der Waals surface area contributed by atoms with Crippen LogP contribution in [-0.2, 0) is 19.2 Å². The van der Waals surface area contributed by atoms with E-state index >= 15 is 0 Å². The van der Waals surface area contributed by atoms with E-state index < -0.39 is 35.6 Å². The van der Waals surface area contributed by atoms with Crippen molar-refractivity contribution < 1.29 is 39.3 Å². The van der Waals surface area contributed by atoms with Crippen molar-refractivity contribution >= 4 is 29.6 Å². The van der Waals surface area contributed by atoms with E-state index in [1.165, 1.54) is 0 Å². The summed E-state index contributed by atoms with van der Waals surface area (Å²) in [6.07, 6.45) is 0.287. The fourth-order valence-corrected chi connectivity index (χ4v) is 1.69. The third-order valence-corrected chi connectivity index (χ3v) is 3.00. The lowest BCUT2D eigenvalue weighted by Gasteiger charge is -2.13. The molecule has 1 amide bonds. The number of benzene rings is 1. The molecule has 0 aliphatic heterocycles. The summed E-state index contributed by atoms with van der Waals surface area (Å²) in [7, 11) is 0. The first-order chi connectivity index (χ1) is 12.2. The van der Waals surface area contributed by atoms with Gasteiger partial charge in [0, 0.05) is 18.4 Å². The Labute approximate surface area is 149 Å². The molecule has 0 heterocycles. The molecule has 1 aromatic carbocycles. The monoisotopic (exact) mass is 367 g/mol. The number of Topliss-reactive ketones (excluding diaryl/α,β-unsaturated/α-hetero) is 1. The minimum absolute atomic E-state index is 0.148. The van der Waals surface area contributed by atoms with Crippen molar-refractivity contribution in [1.82, 2.24) is 5.32 Å². The maximum absolute atomic E-state index is 11.7. The zero-order valence-electron chi connectivity index (χ0n) is 14.2. The molecule has 9 nitrogen and oxygen atoms in total. The number of amides is 1. The van der Waals surface area contributed by atoms with E-state index in [1.54, 1.807) is 37.3 Å². The Morgan fingerprint density at radius 1 is 0.962 bits per heavy atom. The number of carboxylic acids is 3. The average Bonchev–Trinajstić information content (AvgIpc) is 2.59. The number of ketones is 1. The molecule has 1 rings (SSSR count). The molecule has 142 valence electrons. The first-order valence-corrected chi connectivity index (χ1v) is 7.75. The summed E-state index contributed by atoms with van der Waals surface area (Å²) < 4.78 is 0. The standard InChI is InChI=1S/C12H13NO5.C5H8O3/c14-10(15)7-6-9(12(17)18)13-11(16)8-4-2-1-3-5-8;1-2-3-4(6)5(7)8/h1-5,9H,6-7H2,(H,13,16)(H,14,15)(H,17,18);2-3H2,1H3,(H,7,8)/t9-;/m0./s1. The molecule has 0 aliphatic carbocycles. The molecular formula is C17H21NO8. The van der Waals surface area contributed by atoms with E-state index in [0.717, 1.165) is 0 Å². The minimum Gasteiger partial charge on any atom is -0.481 e. The highest BCUT2D eigenvalue weighted by molar-refractivity contribution is 6.32. The van der Waals surface area contributed by atoms with Crippen LogP contribution in [0.5, 0.6) is 0 Å². The number of hydrogen-bond acceptors (Lipinski definition) is 5. The summed E-state index contributed by atoms with van der Waals surface area (Å²) in [6, 6.07) is 6.94. The number of carboxylic acid groups (broad SMARTS) is 3. The minimum atomic E-state index is -1.33. The SMILES string of the molecule is CCCC(=O)C(=O)O.O=C(O)CC[C@H](NC(=O)c1ccccc1)C(=O)O. The molecule has 0 unspecified atom stereocenters. The number of carbonyl (C=O) groups is 5. The summed E-state index contributed by atoms with van der Waals surface area (Å²) in [5.41, 5.74) is 0.332. The molecule has 9 heteroatoms. The van der Waals surface area contributed by atoms with Crippen molar-refractivity contribution in [3.63, 3.8) is 0 Å². The van der Waals surface area contributed by atoms with Crippen LogP contribution in [-0.4, -0.2) is 51.0 Å². The average molecular weight is 367 g/mol. The molecule has 0 aliphatic rings. The predicted molar refractivity (Wildman–Crippen MR) is 89.8 cm³/mol. The van der Waals surface area contributed by atoms with Crippen LogP contribution in [0.1, 0.15) is 43.0 Å². The van der Waals surface area contributed by atoms with Gasteiger partial charge >= 0.3 is 17.9 Å². The van der Waals surface area contributed by atoms with Gasteiger partial charge < -0.3 is 20.6 Å². The van der Waals surface area contributed by atoms with Crippen LogP contribution < -0.4 is 5.32 Å². The number of aliphatic carboxylic acids is 3. The second-order valence-corrected chi connectivity index (χ2v) is 5.14. The summed E-state index contributed by atoms with van der Waals surface area (Å²) in [6.45, 7) is 1.76. The van der Waals surface area contributed by atoms with Crippen molar-refractivity contribution in [3.8, 4) is 0 Å². The molecule has 26 heavy (non-hydrogen) atoms. The molecule has 0 spiro atoms. The Bertz CT molecular complexity index is 641. The van der Waals surface area contributed by atoms with Gasteiger partial charge in [-0.2, -0.15) is 0 Å². The maximum atomic E-state index is 11.7. The van der Waals surface area contributed by atoms with Crippen LogP contribution in [0, 0.1) is 0 Å². The maximum Gasteiger partial charge on any atom is 0.372 e. The number of carbonyl (C=O) groups excluding carboxylic acids is 2. The van der Waals surface area contributed by atoms with Crippen molar-refractivity contribution in [2.75, 3.05) is 0 Å². The lowest BCUT2D eigenvalue weighted by Crippen LogP contribution is -2.41. The summed E-state index contributed by atoms with van der Waals surface area (Å²) in [5.74, 6) is -4.91. The topological polar surface area (TPSA) is 158 Å². The molecular weight excluding hydrogens is 346 g/mol. The van der Waals surface area contributed by atoms with Crippen LogP contribution in [0.2, 0.25) is 0 Å². The Hall–Kier alpha value is -3.23. The van der Waals surface area contributed by atoms with Crippen LogP contribution in [0.25, 0.3) is 0 Å². The fourth-order valence-electron chi connectivity index (χ4n) is 1.69. The Morgan fingerprint density at radius 3 is 1.92 bits per heavy atom. The van der Waals surface area contributed by atoms with Gasteiger partial charge in [0.15, 0.2) is 0 Å². The van der Waals surface area contributed by atoms with Crippen LogP contribution in [0.3, 0.4) is 0 Å². The van der Waals surface area contributed by atoms with Crippen molar-refractivity contribution in [3.05, 3.63) is 35.9 Å². The number of nitrogens with one attached hydrogen (secondary N) is 1. The summed E-state index contributed by atoms with van der Waals surface area (Å²) in [5, 5.41) is 27.6. The molecule has 0 radical (unpaired) electrons. The van der Waals surface area contributed by atoms with Gasteiger partial charge in [-0.15, -0.1) is 0 Å². The highest BCUT2D eigenvalue weighted by Gasteiger charge is 2.21. The van der Waals surface area contributed by atoms with Crippen LogP contribution in [0.4, 0.5) is 0 Å². The quantitative estimate of drug-likeness (QED) is 0.474. The molecule has 0 aromatic heterocycles. The fraction of sp³-hybridized carbons (Fsp3) is 0.353. The third kappa shape index (κ3) is 9.81. The molecule has 0 bridgehead atoms. The highest BCUT2D eigenvalue weighted by atomic mass is 16.4. The van der Waals surface area contributed by atoms with Gasteiger partial charge in [-0.3, -0.25) is 14.4 Å². The molecule has 0 saturated carbocycles. The summed E-state index contributed by atoms with van der Waals surface area (Å²) >= 11 is 0. The number of rotatable bonds is 9. The highest BCUT2D eigenvalue weighted by Crippen LogP contribution is 2.02. The second kappa shape index (κ2) is 12.2. The Balaban J connectivity index is 0.000000660. The van der Waals surface area contributed by atoms with E-state index in [-0.39, 0.29) is 19.3 Å². The van der Waals surface area contributed by atoms with Gasteiger partial charge in [0.05, 0.1) is 0 Å². The van der Waals surface area contributed by atoms with E-state index in [4.69, 9.17) is 15.3 Å². The van der Waals surface area contributed by atoms with E-state index in [0.29, 0.717) is 12.0 Å². The number of hydrogen-bond donors (Lipinski definition) is 4. The van der Waals surface area contributed by atoms with Crippen molar-refractivity contribution in [2.45, 2.75) is 38.6 Å². The predicted octanol–water partition coefficient (Wildman–Crippen LogP) is 1.17. The lowest BCUT2D eigenvalue weighted by atomic mass is 10.1. The largest absolute Gasteiger partial charge is 0.481 e. The van der Waals surface area contributed by atoms with Crippen molar-refractivity contribution in [2.24, 2.45) is 0 Å². The zero-order chi connectivity index (χ0) is 20.1. The van der Waals surface area contributed by atoms with Gasteiger partial charge in [-0.25, -0.2) is 9.59 Å². The zero-order valence-corrected chi connectivity index (χ0v) is 14.2. The second-order valence-electron chi connectivity index (χ2n) is 5.14. The van der Waals surface area contributed by atoms with Crippen LogP contribution in [0.15, 0.2) is 30.3 Å². The molecule has 1 atom stereocenters. The summed E-state index contributed by atoms with van der Waals surface area (Å²) in [4.78, 5) is 52.8. The molecule has 1 aromatic rings. The molecule has 0 fully saturated rings. The van der Waals surface area contributed by atoms with Gasteiger partial charge in [0.25, 0.3) is 5.91 Å². The van der Waals surface area contributed by atoms with E-state index in [9.17, 15) is 24.0 Å². The van der Waals surface area contributed by atoms with Gasteiger partial charge in [-0.05, 0) is 25.0 Å². The Kier molecular flexibility index (Phi) is 10.7. The lowest BCUT2D eigenvalue weighted by molar-refractivity contribution is -0.149. The Morgan fingerprint density at radius 2 is 1.54 bits per heavy atom. The van der Waals surface area contributed by atoms with Gasteiger partial charge in [-0.1, -0.05) is 25.1 Å². The normalized spacial score (nSPS) is 10.7. The smallest absolute Gasteiger partial charge is 0.372 e. The van der Waals surface area contributed by atoms with Crippen molar-refractivity contribution in [1.29, 1.82) is 0 Å². The van der Waals surface area contributed by atoms with Gasteiger partial charge in [0.1, 0.15) is 6.04 Å². The van der Waals surface area contributed by atoms with Crippen LogP contribution >= 0.6 is 0 Å². The first-order valence-electron chi connectivity index (χ1n) is 7.75.